The Kier molecular flexibility index (Phi) is 3.87. The number of benzene rings is 1. The second kappa shape index (κ2) is 4.94. The van der Waals surface area contributed by atoms with Crippen molar-refractivity contribution in [2.75, 3.05) is 0 Å². The first kappa shape index (κ1) is 11.0. The Morgan fingerprint density at radius 2 is 1.71 bits per heavy atom. The van der Waals surface area contributed by atoms with Crippen LogP contribution in [0.5, 0.6) is 0 Å². The molecule has 0 heterocycles. The van der Waals surface area contributed by atoms with E-state index in [-0.39, 0.29) is 5.92 Å². The van der Waals surface area contributed by atoms with Crippen LogP contribution in [0.4, 0.5) is 0 Å². The SMILES string of the molecule is CC(C)Cc1ccc([C@@H](C)C=O)cc1. The highest BCUT2D eigenvalue weighted by atomic mass is 16.1. The molecular formula is C13H18O. The lowest BCUT2D eigenvalue weighted by molar-refractivity contribution is -0.108. The predicted molar refractivity (Wildman–Crippen MR) is 59.5 cm³/mol. The quantitative estimate of drug-likeness (QED) is 0.666. The standard InChI is InChI=1S/C13H18O/c1-10(2)8-12-4-6-13(7-5-12)11(3)9-14/h4-7,9-11H,8H2,1-3H3/t11-/m0/s1. The van der Waals surface area contributed by atoms with Crippen molar-refractivity contribution in [1.82, 2.24) is 0 Å². The summed E-state index contributed by atoms with van der Waals surface area (Å²) in [6.07, 6.45) is 2.09. The van der Waals surface area contributed by atoms with Crippen molar-refractivity contribution in [3.05, 3.63) is 35.4 Å². The van der Waals surface area contributed by atoms with Gasteiger partial charge in [-0.05, 0) is 23.5 Å². The summed E-state index contributed by atoms with van der Waals surface area (Å²) in [5, 5.41) is 0. The summed E-state index contributed by atoms with van der Waals surface area (Å²) in [5.74, 6) is 0.701. The summed E-state index contributed by atoms with van der Waals surface area (Å²) in [4.78, 5) is 10.6. The Morgan fingerprint density at radius 1 is 1.14 bits per heavy atom. The number of hydrogen-bond acceptors (Lipinski definition) is 1. The molecule has 0 spiro atoms. The molecule has 76 valence electrons. The van der Waals surface area contributed by atoms with Gasteiger partial charge in [0.15, 0.2) is 0 Å². The van der Waals surface area contributed by atoms with Crippen molar-refractivity contribution in [3.8, 4) is 0 Å². The van der Waals surface area contributed by atoms with Gasteiger partial charge in [-0.2, -0.15) is 0 Å². The summed E-state index contributed by atoms with van der Waals surface area (Å²) in [6.45, 7) is 6.34. The summed E-state index contributed by atoms with van der Waals surface area (Å²) in [7, 11) is 0. The molecule has 0 aromatic heterocycles. The molecule has 0 N–H and O–H groups in total. The summed E-state index contributed by atoms with van der Waals surface area (Å²) in [5.41, 5.74) is 2.45. The number of rotatable bonds is 4. The van der Waals surface area contributed by atoms with Gasteiger partial charge >= 0.3 is 0 Å². The maximum atomic E-state index is 10.6. The highest BCUT2D eigenvalue weighted by Crippen LogP contribution is 2.15. The average Bonchev–Trinajstić information content (AvgIpc) is 2.17. The molecule has 14 heavy (non-hydrogen) atoms. The van der Waals surface area contributed by atoms with Crippen LogP contribution >= 0.6 is 0 Å². The highest BCUT2D eigenvalue weighted by Gasteiger charge is 2.03. The molecule has 0 aliphatic carbocycles. The number of carbonyl (C=O) groups excluding carboxylic acids is 1. The first-order chi connectivity index (χ1) is 6.63. The van der Waals surface area contributed by atoms with E-state index in [1.807, 2.05) is 6.92 Å². The average molecular weight is 190 g/mol. The van der Waals surface area contributed by atoms with Crippen LogP contribution in [0, 0.1) is 5.92 Å². The van der Waals surface area contributed by atoms with Gasteiger partial charge in [0.1, 0.15) is 6.29 Å². The molecule has 0 radical (unpaired) electrons. The first-order valence-electron chi connectivity index (χ1n) is 5.17. The molecule has 1 aromatic rings. The van der Waals surface area contributed by atoms with Crippen molar-refractivity contribution in [1.29, 1.82) is 0 Å². The fourth-order valence-corrected chi connectivity index (χ4v) is 1.51. The lowest BCUT2D eigenvalue weighted by Gasteiger charge is -2.07. The minimum absolute atomic E-state index is 0.0168. The maximum Gasteiger partial charge on any atom is 0.127 e. The fraction of sp³-hybridized carbons (Fsp3) is 0.462. The van der Waals surface area contributed by atoms with Gasteiger partial charge in [0.2, 0.25) is 0 Å². The van der Waals surface area contributed by atoms with Crippen LogP contribution in [0.2, 0.25) is 0 Å². The molecule has 0 unspecified atom stereocenters. The van der Waals surface area contributed by atoms with Gasteiger partial charge in [0, 0.05) is 5.92 Å². The van der Waals surface area contributed by atoms with E-state index >= 15 is 0 Å². The second-order valence-electron chi connectivity index (χ2n) is 4.26. The van der Waals surface area contributed by atoms with Gasteiger partial charge in [0.05, 0.1) is 0 Å². The Bertz CT molecular complexity index is 285. The summed E-state index contributed by atoms with van der Waals surface area (Å²) in [6, 6.07) is 8.35. The van der Waals surface area contributed by atoms with Crippen molar-refractivity contribution in [3.63, 3.8) is 0 Å². The van der Waals surface area contributed by atoms with E-state index in [1.54, 1.807) is 0 Å². The molecule has 0 fully saturated rings. The normalized spacial score (nSPS) is 12.9. The van der Waals surface area contributed by atoms with Gasteiger partial charge in [-0.3, -0.25) is 0 Å². The Balaban J connectivity index is 2.73. The molecule has 0 bridgehead atoms. The lowest BCUT2D eigenvalue weighted by atomic mass is 9.98. The predicted octanol–water partition coefficient (Wildman–Crippen LogP) is 3.19. The number of carbonyl (C=O) groups is 1. The molecule has 1 nitrogen and oxygen atoms in total. The fourth-order valence-electron chi connectivity index (χ4n) is 1.51. The van der Waals surface area contributed by atoms with Crippen LogP contribution in [-0.2, 0) is 11.2 Å². The zero-order valence-electron chi connectivity index (χ0n) is 9.16. The van der Waals surface area contributed by atoms with E-state index in [0.29, 0.717) is 5.92 Å². The van der Waals surface area contributed by atoms with E-state index in [4.69, 9.17) is 0 Å². The molecule has 1 rings (SSSR count). The minimum atomic E-state index is 0.0168. The molecule has 0 saturated heterocycles. The molecular weight excluding hydrogens is 172 g/mol. The van der Waals surface area contributed by atoms with Gasteiger partial charge < -0.3 is 4.79 Å². The Morgan fingerprint density at radius 3 is 2.14 bits per heavy atom. The summed E-state index contributed by atoms with van der Waals surface area (Å²) >= 11 is 0. The molecule has 1 aromatic carbocycles. The topological polar surface area (TPSA) is 17.1 Å². The van der Waals surface area contributed by atoms with Crippen LogP contribution in [0.1, 0.15) is 37.8 Å². The third kappa shape index (κ3) is 2.99. The van der Waals surface area contributed by atoms with E-state index in [1.165, 1.54) is 5.56 Å². The van der Waals surface area contributed by atoms with Crippen molar-refractivity contribution in [2.24, 2.45) is 5.92 Å². The lowest BCUT2D eigenvalue weighted by Crippen LogP contribution is -1.97. The zero-order valence-corrected chi connectivity index (χ0v) is 9.16. The van der Waals surface area contributed by atoms with Gasteiger partial charge in [-0.15, -0.1) is 0 Å². The Hall–Kier alpha value is -1.11. The third-order valence-electron chi connectivity index (χ3n) is 2.35. The van der Waals surface area contributed by atoms with Gasteiger partial charge in [0.25, 0.3) is 0 Å². The van der Waals surface area contributed by atoms with Gasteiger partial charge in [-0.25, -0.2) is 0 Å². The highest BCUT2D eigenvalue weighted by molar-refractivity contribution is 5.61. The van der Waals surface area contributed by atoms with E-state index < -0.39 is 0 Å². The molecule has 0 aliphatic heterocycles. The number of aldehydes is 1. The van der Waals surface area contributed by atoms with Crippen molar-refractivity contribution >= 4 is 6.29 Å². The molecule has 0 amide bonds. The summed E-state index contributed by atoms with van der Waals surface area (Å²) < 4.78 is 0. The molecule has 0 saturated carbocycles. The van der Waals surface area contributed by atoms with Crippen LogP contribution in [0.3, 0.4) is 0 Å². The van der Waals surface area contributed by atoms with Crippen LogP contribution in [0.15, 0.2) is 24.3 Å². The Labute approximate surface area is 86.1 Å². The molecule has 1 atom stereocenters. The minimum Gasteiger partial charge on any atom is -0.303 e. The van der Waals surface area contributed by atoms with Crippen molar-refractivity contribution < 1.29 is 4.79 Å². The largest absolute Gasteiger partial charge is 0.303 e. The monoisotopic (exact) mass is 190 g/mol. The smallest absolute Gasteiger partial charge is 0.127 e. The molecule has 1 heteroatoms. The molecule has 0 aliphatic rings. The second-order valence-corrected chi connectivity index (χ2v) is 4.26. The van der Waals surface area contributed by atoms with Crippen LogP contribution < -0.4 is 0 Å². The van der Waals surface area contributed by atoms with E-state index in [9.17, 15) is 4.79 Å². The first-order valence-corrected chi connectivity index (χ1v) is 5.17. The van der Waals surface area contributed by atoms with Crippen LogP contribution in [-0.4, -0.2) is 6.29 Å². The third-order valence-corrected chi connectivity index (χ3v) is 2.35. The van der Waals surface area contributed by atoms with Crippen molar-refractivity contribution in [2.45, 2.75) is 33.1 Å². The van der Waals surface area contributed by atoms with E-state index in [2.05, 4.69) is 38.1 Å². The maximum absolute atomic E-state index is 10.6. The zero-order chi connectivity index (χ0) is 10.6. The van der Waals surface area contributed by atoms with Gasteiger partial charge in [-0.1, -0.05) is 45.0 Å². The van der Waals surface area contributed by atoms with Crippen LogP contribution in [0.25, 0.3) is 0 Å². The van der Waals surface area contributed by atoms with E-state index in [0.717, 1.165) is 18.3 Å². The number of hydrogen-bond donors (Lipinski definition) is 0.